The normalized spacial score (nSPS) is 12.2. The number of benzene rings is 8. The van der Waals surface area contributed by atoms with Crippen molar-refractivity contribution in [1.29, 1.82) is 0 Å². The first kappa shape index (κ1) is 42.9. The number of imidazole rings is 1. The van der Waals surface area contributed by atoms with Crippen LogP contribution in [0.1, 0.15) is 48.6 Å². The van der Waals surface area contributed by atoms with Gasteiger partial charge in [-0.2, -0.15) is 6.07 Å². The molecule has 68 heavy (non-hydrogen) atoms. The molecule has 1 aliphatic rings. The van der Waals surface area contributed by atoms with Crippen molar-refractivity contribution in [1.82, 2.24) is 19.1 Å². The Balaban J connectivity index is 0.00000507. The van der Waals surface area contributed by atoms with Gasteiger partial charge in [-0.25, -0.2) is 4.98 Å². The molecule has 0 unspecified atom stereocenters. The molecule has 1 aliphatic heterocycles. The first-order valence-electron chi connectivity index (χ1n) is 22.8. The summed E-state index contributed by atoms with van der Waals surface area (Å²) in [4.78, 5) is 16.0. The van der Waals surface area contributed by atoms with Gasteiger partial charge in [0.2, 0.25) is 0 Å². The molecular formula is C61H45N5OPt. The number of aromatic nitrogens is 4. The topological polar surface area (TPSA) is 57.2 Å². The fraction of sp³-hybridized carbons (Fsp3) is 0.0984. The maximum Gasteiger partial charge on any atom is 2.00 e. The van der Waals surface area contributed by atoms with Crippen molar-refractivity contribution in [3.05, 3.63) is 222 Å². The first-order chi connectivity index (χ1) is 32.7. The molecular weight excluding hydrogens is 1010 g/mol. The number of hydrogen-bond acceptors (Lipinski definition) is 4. The van der Waals surface area contributed by atoms with Crippen molar-refractivity contribution in [3.63, 3.8) is 0 Å². The number of para-hydroxylation sites is 3. The van der Waals surface area contributed by atoms with E-state index in [0.717, 1.165) is 106 Å². The molecule has 12 rings (SSSR count). The molecule has 0 aliphatic carbocycles. The van der Waals surface area contributed by atoms with E-state index in [9.17, 15) is 0 Å². The van der Waals surface area contributed by atoms with Crippen LogP contribution in [0.25, 0.3) is 78.0 Å². The van der Waals surface area contributed by atoms with Gasteiger partial charge in [0.25, 0.3) is 0 Å². The fourth-order valence-electron chi connectivity index (χ4n) is 9.81. The summed E-state index contributed by atoms with van der Waals surface area (Å²) in [7, 11) is 0. The van der Waals surface area contributed by atoms with Crippen LogP contribution in [-0.4, -0.2) is 24.8 Å². The van der Waals surface area contributed by atoms with Crippen molar-refractivity contribution < 1.29 is 25.8 Å². The van der Waals surface area contributed by atoms with Gasteiger partial charge in [0, 0.05) is 34.1 Å². The molecule has 0 N–H and O–H groups in total. The van der Waals surface area contributed by atoms with Crippen molar-refractivity contribution in [2.75, 3.05) is 0 Å². The molecule has 0 radical (unpaired) electrons. The number of aliphatic imine (C=N–C) groups is 1. The molecule has 330 valence electrons. The predicted octanol–water partition coefficient (Wildman–Crippen LogP) is 15.3. The van der Waals surface area contributed by atoms with E-state index >= 15 is 0 Å². The van der Waals surface area contributed by atoms with Gasteiger partial charge in [-0.1, -0.05) is 166 Å². The summed E-state index contributed by atoms with van der Waals surface area (Å²) in [6.45, 7) is 11.0. The molecule has 0 amide bonds. The minimum Gasteiger partial charge on any atom is -0.501 e. The summed E-state index contributed by atoms with van der Waals surface area (Å²) in [6, 6.07) is 69.0. The molecule has 8 aromatic carbocycles. The molecule has 0 fully saturated rings. The van der Waals surface area contributed by atoms with E-state index in [1.165, 1.54) is 5.56 Å². The van der Waals surface area contributed by atoms with Gasteiger partial charge < -0.3 is 13.9 Å². The molecule has 0 saturated heterocycles. The van der Waals surface area contributed by atoms with Gasteiger partial charge in [0.1, 0.15) is 11.6 Å². The minimum atomic E-state index is -0.0632. The van der Waals surface area contributed by atoms with Crippen LogP contribution in [0, 0.1) is 26.0 Å². The Morgan fingerprint density at radius 1 is 0.559 bits per heavy atom. The summed E-state index contributed by atoms with van der Waals surface area (Å²) in [5.74, 6) is 2.62. The SMILES string of the molecule is Cc1cccc(C)c1-n1c(-c2ccccc2)nc2c(Oc3[c-]c4c(cc3)c3ccccc3n4-c3cc(C(C)(C)C)ccn3)[c-]c(C3=Nc4ccccc4-c4ccccc4-c4ccccc43)cc21.[Pt+2]. The van der Waals surface area contributed by atoms with E-state index in [1.54, 1.807) is 0 Å². The van der Waals surface area contributed by atoms with Crippen molar-refractivity contribution in [2.45, 2.75) is 40.0 Å². The third-order valence-corrected chi connectivity index (χ3v) is 13.0. The van der Waals surface area contributed by atoms with E-state index in [-0.39, 0.29) is 26.5 Å². The zero-order valence-corrected chi connectivity index (χ0v) is 40.6. The Bertz CT molecular complexity index is 3780. The second-order valence-corrected chi connectivity index (χ2v) is 18.4. The van der Waals surface area contributed by atoms with Crippen molar-refractivity contribution in [3.8, 4) is 56.6 Å². The second kappa shape index (κ2) is 16.9. The van der Waals surface area contributed by atoms with Gasteiger partial charge in [-0.3, -0.25) is 9.98 Å². The molecule has 0 saturated carbocycles. The Morgan fingerprint density at radius 2 is 1.21 bits per heavy atom. The second-order valence-electron chi connectivity index (χ2n) is 18.4. The molecule has 0 spiro atoms. The zero-order valence-electron chi connectivity index (χ0n) is 38.3. The summed E-state index contributed by atoms with van der Waals surface area (Å²) in [6.07, 6.45) is 1.90. The first-order valence-corrected chi connectivity index (χ1v) is 22.8. The Hall–Kier alpha value is -7.66. The number of nitrogens with zero attached hydrogens (tertiary/aromatic N) is 5. The summed E-state index contributed by atoms with van der Waals surface area (Å²) >= 11 is 0. The fourth-order valence-corrected chi connectivity index (χ4v) is 9.81. The van der Waals surface area contributed by atoms with E-state index in [4.69, 9.17) is 19.7 Å². The van der Waals surface area contributed by atoms with E-state index in [2.05, 4.69) is 220 Å². The van der Waals surface area contributed by atoms with Gasteiger partial charge in [-0.15, -0.1) is 29.1 Å². The van der Waals surface area contributed by atoms with Crippen LogP contribution < -0.4 is 4.74 Å². The minimum absolute atomic E-state index is 0. The molecule has 7 heteroatoms. The Kier molecular flexibility index (Phi) is 10.7. The number of fused-ring (bicyclic) bond motifs is 9. The van der Waals surface area contributed by atoms with Crippen LogP contribution in [0.4, 0.5) is 5.69 Å². The third kappa shape index (κ3) is 7.19. The molecule has 6 nitrogen and oxygen atoms in total. The van der Waals surface area contributed by atoms with Gasteiger partial charge >= 0.3 is 21.1 Å². The average molecular weight is 1060 g/mol. The van der Waals surface area contributed by atoms with Crippen LogP contribution in [-0.2, 0) is 26.5 Å². The number of aryl methyl sites for hydroxylation is 2. The van der Waals surface area contributed by atoms with E-state index < -0.39 is 0 Å². The maximum atomic E-state index is 7.19. The van der Waals surface area contributed by atoms with Crippen LogP contribution in [0.15, 0.2) is 187 Å². The summed E-state index contributed by atoms with van der Waals surface area (Å²) in [5.41, 5.74) is 16.7. The molecule has 0 atom stereocenters. The summed E-state index contributed by atoms with van der Waals surface area (Å²) in [5, 5.41) is 2.17. The number of pyridine rings is 1. The molecule has 11 aromatic rings. The van der Waals surface area contributed by atoms with Gasteiger partial charge in [0.15, 0.2) is 0 Å². The van der Waals surface area contributed by atoms with E-state index in [1.807, 2.05) is 18.3 Å². The predicted molar refractivity (Wildman–Crippen MR) is 274 cm³/mol. The third-order valence-electron chi connectivity index (χ3n) is 13.0. The average Bonchev–Trinajstić information content (AvgIpc) is 3.89. The van der Waals surface area contributed by atoms with Crippen molar-refractivity contribution in [2.24, 2.45) is 4.99 Å². The smallest absolute Gasteiger partial charge is 0.501 e. The Morgan fingerprint density at radius 3 is 1.96 bits per heavy atom. The maximum absolute atomic E-state index is 7.19. The number of hydrogen-bond donors (Lipinski definition) is 0. The molecule has 4 heterocycles. The molecule has 3 aromatic heterocycles. The number of ether oxygens (including phenoxy) is 1. The number of rotatable bonds is 6. The quantitative estimate of drug-likeness (QED) is 0.156. The van der Waals surface area contributed by atoms with Crippen molar-refractivity contribution >= 4 is 44.2 Å². The largest absolute Gasteiger partial charge is 2.00 e. The zero-order chi connectivity index (χ0) is 45.4. The van der Waals surface area contributed by atoms with Gasteiger partial charge in [-0.05, 0) is 99.1 Å². The van der Waals surface area contributed by atoms with Crippen LogP contribution >= 0.6 is 0 Å². The summed E-state index contributed by atoms with van der Waals surface area (Å²) < 4.78 is 11.7. The van der Waals surface area contributed by atoms with Crippen LogP contribution in [0.2, 0.25) is 0 Å². The Labute approximate surface area is 410 Å². The van der Waals surface area contributed by atoms with Crippen LogP contribution in [0.5, 0.6) is 11.5 Å². The van der Waals surface area contributed by atoms with Crippen LogP contribution in [0.3, 0.4) is 0 Å². The monoisotopic (exact) mass is 1060 g/mol. The molecule has 0 bridgehead atoms. The van der Waals surface area contributed by atoms with E-state index in [0.29, 0.717) is 17.0 Å². The standard InChI is InChI=1S/C61H45N5O.Pt/c1-38-18-17-19-39(2)59(38)66-54-34-41(57-50-27-12-11-24-46(50)44-22-9-10-23-45(44)47-25-13-15-28-51(47)63-57)35-55(58(54)64-60(66)40-20-7-6-8-21-40)67-43-30-31-49-48-26-14-16-29-52(48)65(53(49)37-43)56-36-42(32-33-62-56)61(3,4)5;/h6-34,36H,1-5H3;/q-2;+2. The van der Waals surface area contributed by atoms with Gasteiger partial charge in [0.05, 0.1) is 17.1 Å².